The maximum atomic E-state index is 12.0. The summed E-state index contributed by atoms with van der Waals surface area (Å²) in [6, 6.07) is 14.2. The van der Waals surface area contributed by atoms with Crippen molar-refractivity contribution in [3.63, 3.8) is 0 Å². The van der Waals surface area contributed by atoms with Gasteiger partial charge < -0.3 is 14.6 Å². The van der Waals surface area contributed by atoms with Crippen LogP contribution in [0.2, 0.25) is 0 Å². The molecule has 0 aliphatic carbocycles. The molecule has 24 heavy (non-hydrogen) atoms. The lowest BCUT2D eigenvalue weighted by Gasteiger charge is -2.18. The number of benzene rings is 2. The molecule has 0 spiro atoms. The number of hydrazone groups is 1. The number of amides is 1. The van der Waals surface area contributed by atoms with Gasteiger partial charge in [-0.05, 0) is 30.7 Å². The number of ether oxygens (including phenoxy) is 2. The number of aliphatic hydroxyl groups is 1. The van der Waals surface area contributed by atoms with Crippen LogP contribution in [0.5, 0.6) is 11.5 Å². The monoisotopic (exact) mass is 326 g/mol. The van der Waals surface area contributed by atoms with Gasteiger partial charge in [0.25, 0.3) is 5.91 Å². The predicted molar refractivity (Wildman–Crippen MR) is 89.2 cm³/mol. The second-order valence-electron chi connectivity index (χ2n) is 5.34. The molecule has 6 nitrogen and oxygen atoms in total. The highest BCUT2D eigenvalue weighted by Crippen LogP contribution is 2.30. The molecule has 0 aromatic heterocycles. The van der Waals surface area contributed by atoms with Gasteiger partial charge in [-0.15, -0.1) is 0 Å². The highest BCUT2D eigenvalue weighted by molar-refractivity contribution is 6.00. The molecule has 0 fully saturated rings. The van der Waals surface area contributed by atoms with Crippen LogP contribution < -0.4 is 14.9 Å². The Kier molecular flexibility index (Phi) is 4.77. The van der Waals surface area contributed by atoms with Crippen LogP contribution in [-0.2, 0) is 4.79 Å². The van der Waals surface area contributed by atoms with Gasteiger partial charge in [-0.1, -0.05) is 30.3 Å². The smallest absolute Gasteiger partial charge is 0.273 e. The third kappa shape index (κ3) is 3.55. The number of hydrogen-bond donors (Lipinski definition) is 2. The lowest BCUT2D eigenvalue weighted by Crippen LogP contribution is -2.26. The van der Waals surface area contributed by atoms with E-state index in [4.69, 9.17) is 9.47 Å². The molecule has 1 aliphatic heterocycles. The van der Waals surface area contributed by atoms with Gasteiger partial charge in [-0.3, -0.25) is 4.79 Å². The molecule has 124 valence electrons. The highest BCUT2D eigenvalue weighted by atomic mass is 16.6. The molecule has 1 atom stereocenters. The zero-order chi connectivity index (χ0) is 16.9. The van der Waals surface area contributed by atoms with Crippen molar-refractivity contribution in [3.05, 3.63) is 59.7 Å². The van der Waals surface area contributed by atoms with Crippen molar-refractivity contribution in [3.8, 4) is 11.5 Å². The van der Waals surface area contributed by atoms with Gasteiger partial charge in [0.1, 0.15) is 13.2 Å². The van der Waals surface area contributed by atoms with Crippen LogP contribution in [0.15, 0.2) is 53.6 Å². The van der Waals surface area contributed by atoms with E-state index in [1.165, 1.54) is 0 Å². The summed E-state index contributed by atoms with van der Waals surface area (Å²) in [4.78, 5) is 12.0. The number of nitrogens with zero attached hydrogens (tertiary/aromatic N) is 1. The third-order valence-corrected chi connectivity index (χ3v) is 3.66. The summed E-state index contributed by atoms with van der Waals surface area (Å²) in [6.45, 7) is 2.81. The Bertz CT molecular complexity index is 759. The minimum Gasteiger partial charge on any atom is -0.486 e. The van der Waals surface area contributed by atoms with Crippen LogP contribution >= 0.6 is 0 Å². The van der Waals surface area contributed by atoms with Gasteiger partial charge >= 0.3 is 0 Å². The molecule has 6 heteroatoms. The average Bonchev–Trinajstić information content (AvgIpc) is 2.65. The van der Waals surface area contributed by atoms with E-state index in [-0.39, 0.29) is 0 Å². The Labute approximate surface area is 139 Å². The summed E-state index contributed by atoms with van der Waals surface area (Å²) in [6.07, 6.45) is -1.26. The molecule has 3 rings (SSSR count). The zero-order valence-corrected chi connectivity index (χ0v) is 13.2. The van der Waals surface area contributed by atoms with E-state index in [1.807, 2.05) is 24.3 Å². The van der Waals surface area contributed by atoms with Crippen molar-refractivity contribution in [1.29, 1.82) is 0 Å². The SMILES string of the molecule is C/C(=N/NC(=O)[C@H](O)c1ccccc1)c1ccc2c(c1)OCCO2. The second-order valence-corrected chi connectivity index (χ2v) is 5.34. The summed E-state index contributed by atoms with van der Waals surface area (Å²) in [5.41, 5.74) is 4.30. The maximum Gasteiger partial charge on any atom is 0.273 e. The molecule has 0 radical (unpaired) electrons. The fourth-order valence-corrected chi connectivity index (χ4v) is 2.32. The van der Waals surface area contributed by atoms with Crippen molar-refractivity contribution in [2.24, 2.45) is 5.10 Å². The Morgan fingerprint density at radius 3 is 2.58 bits per heavy atom. The zero-order valence-electron chi connectivity index (χ0n) is 13.2. The fourth-order valence-electron chi connectivity index (χ4n) is 2.32. The van der Waals surface area contributed by atoms with Gasteiger partial charge in [0.2, 0.25) is 0 Å². The Hall–Kier alpha value is -2.86. The van der Waals surface area contributed by atoms with Gasteiger partial charge in [0, 0.05) is 5.56 Å². The van der Waals surface area contributed by atoms with Crippen LogP contribution in [0.3, 0.4) is 0 Å². The number of hydrogen-bond acceptors (Lipinski definition) is 5. The van der Waals surface area contributed by atoms with Gasteiger partial charge in [0.15, 0.2) is 17.6 Å². The summed E-state index contributed by atoms with van der Waals surface area (Å²) < 4.78 is 11.0. The van der Waals surface area contributed by atoms with E-state index in [2.05, 4.69) is 10.5 Å². The molecular formula is C18H18N2O4. The molecule has 0 bridgehead atoms. The topological polar surface area (TPSA) is 80.2 Å². The van der Waals surface area contributed by atoms with Gasteiger partial charge in [0.05, 0.1) is 5.71 Å². The first-order valence-electron chi connectivity index (χ1n) is 7.62. The van der Waals surface area contributed by atoms with E-state index in [0.29, 0.717) is 36.0 Å². The van der Waals surface area contributed by atoms with Crippen LogP contribution in [0, 0.1) is 0 Å². The lowest BCUT2D eigenvalue weighted by atomic mass is 10.1. The van der Waals surface area contributed by atoms with E-state index < -0.39 is 12.0 Å². The van der Waals surface area contributed by atoms with Crippen LogP contribution in [-0.4, -0.2) is 29.9 Å². The largest absolute Gasteiger partial charge is 0.486 e. The van der Waals surface area contributed by atoms with E-state index in [9.17, 15) is 9.90 Å². The molecule has 2 aromatic rings. The summed E-state index contributed by atoms with van der Waals surface area (Å²) in [5, 5.41) is 14.1. The van der Waals surface area contributed by atoms with E-state index in [0.717, 1.165) is 5.56 Å². The van der Waals surface area contributed by atoms with Crippen molar-refractivity contribution >= 4 is 11.6 Å². The van der Waals surface area contributed by atoms with Crippen LogP contribution in [0.25, 0.3) is 0 Å². The Morgan fingerprint density at radius 2 is 1.83 bits per heavy atom. The molecule has 0 saturated heterocycles. The highest BCUT2D eigenvalue weighted by Gasteiger charge is 2.17. The molecule has 1 aliphatic rings. The van der Waals surface area contributed by atoms with Crippen molar-refractivity contribution < 1.29 is 19.4 Å². The first-order valence-corrected chi connectivity index (χ1v) is 7.62. The number of fused-ring (bicyclic) bond motifs is 1. The molecule has 0 saturated carbocycles. The molecule has 2 N–H and O–H groups in total. The summed E-state index contributed by atoms with van der Waals surface area (Å²) in [5.74, 6) is 0.767. The molecule has 1 amide bonds. The molecular weight excluding hydrogens is 308 g/mol. The maximum absolute atomic E-state index is 12.0. The molecule has 1 heterocycles. The minimum absolute atomic E-state index is 0.507. The molecule has 2 aromatic carbocycles. The quantitative estimate of drug-likeness (QED) is 0.665. The number of nitrogens with one attached hydrogen (secondary N) is 1. The Morgan fingerprint density at radius 1 is 1.12 bits per heavy atom. The van der Waals surface area contributed by atoms with Crippen molar-refractivity contribution in [1.82, 2.24) is 5.43 Å². The molecule has 0 unspecified atom stereocenters. The Balaban J connectivity index is 1.69. The lowest BCUT2D eigenvalue weighted by molar-refractivity contribution is -0.129. The van der Waals surface area contributed by atoms with Crippen LogP contribution in [0.1, 0.15) is 24.2 Å². The summed E-state index contributed by atoms with van der Waals surface area (Å²) in [7, 11) is 0. The van der Waals surface area contributed by atoms with Gasteiger partial charge in [-0.25, -0.2) is 5.43 Å². The third-order valence-electron chi connectivity index (χ3n) is 3.66. The second kappa shape index (κ2) is 7.14. The number of rotatable bonds is 4. The fraction of sp³-hybridized carbons (Fsp3) is 0.222. The first kappa shape index (κ1) is 16.0. The minimum atomic E-state index is -1.26. The van der Waals surface area contributed by atoms with Gasteiger partial charge in [-0.2, -0.15) is 5.10 Å². The average molecular weight is 326 g/mol. The van der Waals surface area contributed by atoms with E-state index in [1.54, 1.807) is 31.2 Å². The van der Waals surface area contributed by atoms with E-state index >= 15 is 0 Å². The standard InChI is InChI=1S/C18H18N2O4/c1-12(14-7-8-15-16(11-14)24-10-9-23-15)19-20-18(22)17(21)13-5-3-2-4-6-13/h2-8,11,17,21H,9-10H2,1H3,(H,20,22)/b19-12-/t17-/m1/s1. The van der Waals surface area contributed by atoms with Crippen molar-refractivity contribution in [2.45, 2.75) is 13.0 Å². The normalized spacial score (nSPS) is 14.8. The van der Waals surface area contributed by atoms with Crippen LogP contribution in [0.4, 0.5) is 0 Å². The number of aliphatic hydroxyl groups excluding tert-OH is 1. The predicted octanol–water partition coefficient (Wildman–Crippen LogP) is 2.03. The van der Waals surface area contributed by atoms with Crippen molar-refractivity contribution in [2.75, 3.05) is 13.2 Å². The number of carbonyl (C=O) groups excluding carboxylic acids is 1. The first-order chi connectivity index (χ1) is 11.6. The number of carbonyl (C=O) groups is 1. The summed E-state index contributed by atoms with van der Waals surface area (Å²) >= 11 is 0.